The van der Waals surface area contributed by atoms with Gasteiger partial charge in [-0.2, -0.15) is 5.10 Å². The largest absolute Gasteiger partial charge is 0.456 e. The molecule has 1 aromatic carbocycles. The van der Waals surface area contributed by atoms with Crippen molar-refractivity contribution in [3.05, 3.63) is 65.4 Å². The van der Waals surface area contributed by atoms with Crippen LogP contribution >= 0.6 is 0 Å². The van der Waals surface area contributed by atoms with Crippen molar-refractivity contribution in [3.8, 4) is 5.69 Å². The predicted molar refractivity (Wildman–Crippen MR) is 117 cm³/mol. The first-order chi connectivity index (χ1) is 14.9. The number of rotatable bonds is 5. The van der Waals surface area contributed by atoms with Gasteiger partial charge in [0.1, 0.15) is 5.76 Å². The van der Waals surface area contributed by atoms with E-state index >= 15 is 0 Å². The second-order valence-electron chi connectivity index (χ2n) is 7.82. The van der Waals surface area contributed by atoms with Gasteiger partial charge in [-0.15, -0.1) is 0 Å². The first kappa shape index (κ1) is 20.9. The molecule has 2 amide bonds. The van der Waals surface area contributed by atoms with Gasteiger partial charge in [0.05, 0.1) is 29.3 Å². The molecule has 2 aromatic heterocycles. The van der Waals surface area contributed by atoms with E-state index in [-0.39, 0.29) is 18.4 Å². The quantitative estimate of drug-likeness (QED) is 0.685. The van der Waals surface area contributed by atoms with Crippen LogP contribution in [0.25, 0.3) is 5.69 Å². The van der Waals surface area contributed by atoms with Gasteiger partial charge in [-0.25, -0.2) is 4.68 Å². The van der Waals surface area contributed by atoms with E-state index < -0.39 is 0 Å². The molecule has 0 aliphatic carbocycles. The van der Waals surface area contributed by atoms with Crippen LogP contribution in [0.3, 0.4) is 0 Å². The van der Waals surface area contributed by atoms with Gasteiger partial charge < -0.3 is 14.6 Å². The fourth-order valence-corrected chi connectivity index (χ4v) is 3.84. The number of aryl methyl sites for hydroxylation is 2. The Hall–Kier alpha value is -3.39. The number of hydrogen-bond donors (Lipinski definition) is 1. The number of piperazine rings is 1. The molecule has 162 valence electrons. The van der Waals surface area contributed by atoms with Crippen molar-refractivity contribution >= 4 is 17.5 Å². The Morgan fingerprint density at radius 3 is 2.35 bits per heavy atom. The minimum atomic E-state index is -0.100. The molecule has 3 heterocycles. The van der Waals surface area contributed by atoms with Crippen LogP contribution in [-0.4, -0.2) is 64.1 Å². The topological polar surface area (TPSA) is 83.6 Å². The van der Waals surface area contributed by atoms with Gasteiger partial charge in [0.15, 0.2) is 5.76 Å². The Bertz CT molecular complexity index is 1080. The molecule has 0 unspecified atom stereocenters. The maximum absolute atomic E-state index is 12.7. The zero-order valence-electron chi connectivity index (χ0n) is 18.1. The van der Waals surface area contributed by atoms with Crippen molar-refractivity contribution in [2.45, 2.75) is 20.8 Å². The molecule has 31 heavy (non-hydrogen) atoms. The fraction of sp³-hybridized carbons (Fsp3) is 0.348. The second-order valence-corrected chi connectivity index (χ2v) is 7.82. The number of nitrogens with one attached hydrogen (secondary N) is 1. The van der Waals surface area contributed by atoms with Crippen LogP contribution in [0, 0.1) is 20.8 Å². The lowest BCUT2D eigenvalue weighted by Gasteiger charge is -2.33. The third kappa shape index (κ3) is 4.54. The van der Waals surface area contributed by atoms with Gasteiger partial charge in [0.25, 0.3) is 5.91 Å². The van der Waals surface area contributed by atoms with Crippen LogP contribution < -0.4 is 5.32 Å². The molecule has 1 aliphatic rings. The maximum Gasteiger partial charge on any atom is 0.289 e. The lowest BCUT2D eigenvalue weighted by molar-refractivity contribution is -0.117. The predicted octanol–water partition coefficient (Wildman–Crippen LogP) is 2.79. The molecule has 0 saturated carbocycles. The van der Waals surface area contributed by atoms with Crippen LogP contribution in [0.4, 0.5) is 5.69 Å². The van der Waals surface area contributed by atoms with Crippen LogP contribution in [0.15, 0.2) is 46.9 Å². The third-order valence-corrected chi connectivity index (χ3v) is 5.53. The van der Waals surface area contributed by atoms with Crippen molar-refractivity contribution in [1.82, 2.24) is 19.6 Å². The minimum Gasteiger partial charge on any atom is -0.456 e. The molecular formula is C23H27N5O3. The van der Waals surface area contributed by atoms with Gasteiger partial charge in [-0.3, -0.25) is 14.5 Å². The van der Waals surface area contributed by atoms with E-state index in [0.717, 1.165) is 28.5 Å². The average molecular weight is 422 g/mol. The SMILES string of the molecule is Cc1ccc(C(=O)N2CCN(CC(=O)Nc3c(C)nn(-c4ccccc4)c3C)CC2)o1. The molecule has 1 fully saturated rings. The molecule has 1 aliphatic heterocycles. The number of furan rings is 1. The maximum atomic E-state index is 12.7. The molecule has 8 heteroatoms. The summed E-state index contributed by atoms with van der Waals surface area (Å²) in [6.45, 7) is 8.34. The summed E-state index contributed by atoms with van der Waals surface area (Å²) in [5.74, 6) is 0.905. The van der Waals surface area contributed by atoms with E-state index in [1.54, 1.807) is 17.0 Å². The first-order valence-electron chi connectivity index (χ1n) is 10.4. The van der Waals surface area contributed by atoms with Gasteiger partial charge in [-0.05, 0) is 45.0 Å². The number of para-hydroxylation sites is 1. The lowest BCUT2D eigenvalue weighted by atomic mass is 10.2. The highest BCUT2D eigenvalue weighted by atomic mass is 16.3. The summed E-state index contributed by atoms with van der Waals surface area (Å²) < 4.78 is 7.27. The Balaban J connectivity index is 1.33. The molecule has 0 bridgehead atoms. The van der Waals surface area contributed by atoms with Gasteiger partial charge in [0, 0.05) is 26.2 Å². The van der Waals surface area contributed by atoms with Crippen LogP contribution in [0.1, 0.15) is 27.7 Å². The number of hydrogen-bond acceptors (Lipinski definition) is 5. The minimum absolute atomic E-state index is 0.0831. The molecule has 0 atom stereocenters. The standard InChI is InChI=1S/C23H27N5O3/c1-16-9-10-20(31-16)23(30)27-13-11-26(12-14-27)15-21(29)24-22-17(2)25-28(18(22)3)19-7-5-4-6-8-19/h4-10H,11-15H2,1-3H3,(H,24,29). The smallest absolute Gasteiger partial charge is 0.289 e. The molecule has 1 N–H and O–H groups in total. The van der Waals surface area contributed by atoms with Gasteiger partial charge in [0.2, 0.25) is 5.91 Å². The zero-order valence-corrected chi connectivity index (χ0v) is 18.1. The van der Waals surface area contributed by atoms with E-state index in [9.17, 15) is 9.59 Å². The van der Waals surface area contributed by atoms with Crippen LogP contribution in [0.5, 0.6) is 0 Å². The molecule has 0 radical (unpaired) electrons. The Morgan fingerprint density at radius 1 is 1.00 bits per heavy atom. The van der Waals surface area contributed by atoms with Crippen molar-refractivity contribution in [3.63, 3.8) is 0 Å². The summed E-state index contributed by atoms with van der Waals surface area (Å²) >= 11 is 0. The van der Waals surface area contributed by atoms with Crippen LogP contribution in [0.2, 0.25) is 0 Å². The van der Waals surface area contributed by atoms with Crippen molar-refractivity contribution in [1.29, 1.82) is 0 Å². The molecular weight excluding hydrogens is 394 g/mol. The summed E-state index contributed by atoms with van der Waals surface area (Å²) in [7, 11) is 0. The molecule has 4 rings (SSSR count). The number of benzene rings is 1. The number of nitrogens with zero attached hydrogens (tertiary/aromatic N) is 4. The molecule has 0 spiro atoms. The number of amides is 2. The van der Waals surface area contributed by atoms with Crippen molar-refractivity contribution in [2.24, 2.45) is 0 Å². The normalized spacial score (nSPS) is 14.6. The number of anilines is 1. The second kappa shape index (κ2) is 8.77. The van der Waals surface area contributed by atoms with Crippen LogP contribution in [-0.2, 0) is 4.79 Å². The van der Waals surface area contributed by atoms with Gasteiger partial charge >= 0.3 is 0 Å². The zero-order chi connectivity index (χ0) is 22.0. The number of carbonyl (C=O) groups is 2. The molecule has 8 nitrogen and oxygen atoms in total. The molecule has 1 saturated heterocycles. The van der Waals surface area contributed by atoms with E-state index in [4.69, 9.17) is 4.42 Å². The number of carbonyl (C=O) groups excluding carboxylic acids is 2. The van der Waals surface area contributed by atoms with Crippen molar-refractivity contribution in [2.75, 3.05) is 38.0 Å². The number of aromatic nitrogens is 2. The summed E-state index contributed by atoms with van der Waals surface area (Å²) in [6.07, 6.45) is 0. The highest BCUT2D eigenvalue weighted by Crippen LogP contribution is 2.22. The Labute approximate surface area is 181 Å². The first-order valence-corrected chi connectivity index (χ1v) is 10.4. The van der Waals surface area contributed by atoms with E-state index in [1.807, 2.05) is 55.8 Å². The highest BCUT2D eigenvalue weighted by Gasteiger charge is 2.25. The summed E-state index contributed by atoms with van der Waals surface area (Å²) in [4.78, 5) is 29.0. The van der Waals surface area contributed by atoms with E-state index in [2.05, 4.69) is 15.3 Å². The van der Waals surface area contributed by atoms with Gasteiger partial charge in [-0.1, -0.05) is 18.2 Å². The average Bonchev–Trinajstić information content (AvgIpc) is 3.33. The summed E-state index contributed by atoms with van der Waals surface area (Å²) in [5, 5.41) is 7.59. The monoisotopic (exact) mass is 421 g/mol. The third-order valence-electron chi connectivity index (χ3n) is 5.53. The van der Waals surface area contributed by atoms with Crippen molar-refractivity contribution < 1.29 is 14.0 Å². The Kier molecular flexibility index (Phi) is 5.90. The van der Waals surface area contributed by atoms with E-state index in [1.165, 1.54) is 0 Å². The lowest BCUT2D eigenvalue weighted by Crippen LogP contribution is -2.50. The Morgan fingerprint density at radius 2 is 1.71 bits per heavy atom. The summed E-state index contributed by atoms with van der Waals surface area (Å²) in [6, 6.07) is 13.3. The molecule has 3 aromatic rings. The van der Waals surface area contributed by atoms with E-state index in [0.29, 0.717) is 31.9 Å². The highest BCUT2D eigenvalue weighted by molar-refractivity contribution is 5.93. The fourth-order valence-electron chi connectivity index (χ4n) is 3.84. The summed E-state index contributed by atoms with van der Waals surface area (Å²) in [5.41, 5.74) is 3.37.